The number of aromatic nitrogens is 1. The van der Waals surface area contributed by atoms with Crippen LogP contribution in [0.2, 0.25) is 0 Å². The third-order valence-corrected chi connectivity index (χ3v) is 2.51. The van der Waals surface area contributed by atoms with Crippen molar-refractivity contribution in [2.45, 2.75) is 19.4 Å². The van der Waals surface area contributed by atoms with E-state index in [9.17, 15) is 4.79 Å². The first kappa shape index (κ1) is 9.64. The average molecular weight is 205 g/mol. The van der Waals surface area contributed by atoms with Crippen LogP contribution in [0.25, 0.3) is 0 Å². The number of pyridine rings is 1. The lowest BCUT2D eigenvalue weighted by atomic mass is 9.92. The number of cyclic esters (lactones) is 1. The quantitative estimate of drug-likeness (QED) is 0.753. The molecule has 1 unspecified atom stereocenters. The van der Waals surface area contributed by atoms with Crippen molar-refractivity contribution >= 4 is 11.8 Å². The number of hydrogen-bond acceptors (Lipinski definition) is 4. The number of nitrogens with one attached hydrogen (secondary N) is 1. The van der Waals surface area contributed by atoms with Gasteiger partial charge in [-0.05, 0) is 19.9 Å². The Balaban J connectivity index is 2.46. The molecule has 0 aromatic carbocycles. The maximum atomic E-state index is 11.1. The lowest BCUT2D eigenvalue weighted by molar-refractivity contribution is 0.0624. The van der Waals surface area contributed by atoms with Gasteiger partial charge in [0.15, 0.2) is 5.60 Å². The Morgan fingerprint density at radius 2 is 2.33 bits per heavy atom. The van der Waals surface area contributed by atoms with Crippen molar-refractivity contribution in [2.75, 3.05) is 0 Å². The van der Waals surface area contributed by atoms with Gasteiger partial charge in [0.05, 0.1) is 5.71 Å². The second kappa shape index (κ2) is 3.34. The Bertz CT molecular complexity index is 416. The fraction of sp³-hybridized carbons (Fsp3) is 0.300. The second-order valence-corrected chi connectivity index (χ2v) is 3.47. The molecule has 2 heterocycles. The molecule has 0 aliphatic carbocycles. The number of hydrazone groups is 1. The van der Waals surface area contributed by atoms with Crippen LogP contribution in [0.4, 0.5) is 4.79 Å². The molecule has 5 nitrogen and oxygen atoms in total. The highest BCUT2D eigenvalue weighted by Gasteiger charge is 2.37. The molecule has 1 aliphatic heterocycles. The molecule has 5 heteroatoms. The lowest BCUT2D eigenvalue weighted by Gasteiger charge is -2.32. The Morgan fingerprint density at radius 3 is 3.00 bits per heavy atom. The molecule has 1 aromatic rings. The van der Waals surface area contributed by atoms with Gasteiger partial charge in [0, 0.05) is 18.0 Å². The molecule has 1 aliphatic rings. The van der Waals surface area contributed by atoms with E-state index in [2.05, 4.69) is 15.5 Å². The average Bonchev–Trinajstić information content (AvgIpc) is 2.25. The van der Waals surface area contributed by atoms with Gasteiger partial charge in [-0.25, -0.2) is 10.2 Å². The molecule has 0 saturated heterocycles. The van der Waals surface area contributed by atoms with E-state index in [1.54, 1.807) is 32.3 Å². The summed E-state index contributed by atoms with van der Waals surface area (Å²) >= 11 is 0. The van der Waals surface area contributed by atoms with Gasteiger partial charge < -0.3 is 4.74 Å². The van der Waals surface area contributed by atoms with Gasteiger partial charge in [0.25, 0.3) is 0 Å². The highest BCUT2D eigenvalue weighted by Crippen LogP contribution is 2.28. The molecule has 1 atom stereocenters. The number of rotatable bonds is 1. The van der Waals surface area contributed by atoms with Gasteiger partial charge in [-0.3, -0.25) is 4.98 Å². The summed E-state index contributed by atoms with van der Waals surface area (Å²) in [4.78, 5) is 15.1. The van der Waals surface area contributed by atoms with E-state index >= 15 is 0 Å². The van der Waals surface area contributed by atoms with Crippen LogP contribution in [-0.2, 0) is 10.3 Å². The second-order valence-electron chi connectivity index (χ2n) is 3.47. The Labute approximate surface area is 87.2 Å². The minimum Gasteiger partial charge on any atom is -0.431 e. The van der Waals surface area contributed by atoms with Gasteiger partial charge in [0.2, 0.25) is 0 Å². The summed E-state index contributed by atoms with van der Waals surface area (Å²) in [7, 11) is 0. The van der Waals surface area contributed by atoms with E-state index in [1.807, 2.05) is 6.07 Å². The lowest BCUT2D eigenvalue weighted by Crippen LogP contribution is -2.44. The Morgan fingerprint density at radius 1 is 1.53 bits per heavy atom. The number of amides is 1. The van der Waals surface area contributed by atoms with Crippen LogP contribution in [0.5, 0.6) is 0 Å². The predicted molar refractivity (Wildman–Crippen MR) is 54.3 cm³/mol. The van der Waals surface area contributed by atoms with E-state index in [4.69, 9.17) is 4.74 Å². The van der Waals surface area contributed by atoms with Crippen molar-refractivity contribution < 1.29 is 9.53 Å². The van der Waals surface area contributed by atoms with E-state index in [-0.39, 0.29) is 0 Å². The normalized spacial score (nSPS) is 25.2. The van der Waals surface area contributed by atoms with Crippen LogP contribution < -0.4 is 5.43 Å². The molecule has 1 N–H and O–H groups in total. The van der Waals surface area contributed by atoms with Gasteiger partial charge >= 0.3 is 6.09 Å². The smallest absolute Gasteiger partial charge is 0.429 e. The number of carbonyl (C=O) groups is 1. The zero-order valence-electron chi connectivity index (χ0n) is 8.52. The van der Waals surface area contributed by atoms with Gasteiger partial charge in [-0.15, -0.1) is 0 Å². The third kappa shape index (κ3) is 1.56. The van der Waals surface area contributed by atoms with Crippen molar-refractivity contribution in [1.82, 2.24) is 10.4 Å². The molecule has 1 aromatic heterocycles. The van der Waals surface area contributed by atoms with Crippen LogP contribution >= 0.6 is 0 Å². The summed E-state index contributed by atoms with van der Waals surface area (Å²) < 4.78 is 5.25. The maximum absolute atomic E-state index is 11.1. The summed E-state index contributed by atoms with van der Waals surface area (Å²) in [5.41, 5.74) is 2.94. The number of nitrogens with zero attached hydrogens (tertiary/aromatic N) is 2. The number of carbonyl (C=O) groups excluding carboxylic acids is 1. The molecular formula is C10H11N3O2. The van der Waals surface area contributed by atoms with Crippen molar-refractivity contribution in [3.05, 3.63) is 30.1 Å². The first-order valence-corrected chi connectivity index (χ1v) is 4.57. The fourth-order valence-corrected chi connectivity index (χ4v) is 1.43. The minimum atomic E-state index is -0.823. The third-order valence-electron chi connectivity index (χ3n) is 2.51. The molecule has 0 radical (unpaired) electrons. The van der Waals surface area contributed by atoms with E-state index in [1.165, 1.54) is 0 Å². The molecule has 0 bridgehead atoms. The molecule has 2 rings (SSSR count). The fourth-order valence-electron chi connectivity index (χ4n) is 1.43. The molecular weight excluding hydrogens is 194 g/mol. The van der Waals surface area contributed by atoms with E-state index in [0.29, 0.717) is 5.71 Å². The van der Waals surface area contributed by atoms with Crippen molar-refractivity contribution in [3.63, 3.8) is 0 Å². The molecule has 0 spiro atoms. The monoisotopic (exact) mass is 205 g/mol. The first-order valence-electron chi connectivity index (χ1n) is 4.57. The molecule has 1 amide bonds. The topological polar surface area (TPSA) is 63.6 Å². The van der Waals surface area contributed by atoms with Crippen LogP contribution in [-0.4, -0.2) is 16.8 Å². The SMILES string of the molecule is CC1=NNC(=O)OC1(C)c1cccnc1. The van der Waals surface area contributed by atoms with Crippen LogP contribution in [0.3, 0.4) is 0 Å². The van der Waals surface area contributed by atoms with Crippen molar-refractivity contribution in [2.24, 2.45) is 5.10 Å². The minimum absolute atomic E-state index is 0.549. The summed E-state index contributed by atoms with van der Waals surface area (Å²) in [6, 6.07) is 3.65. The van der Waals surface area contributed by atoms with Crippen LogP contribution in [0, 0.1) is 0 Å². The number of ether oxygens (including phenoxy) is 1. The molecule has 78 valence electrons. The maximum Gasteiger partial charge on any atom is 0.429 e. The zero-order chi connectivity index (χ0) is 10.9. The largest absolute Gasteiger partial charge is 0.431 e. The Kier molecular flexibility index (Phi) is 2.15. The van der Waals surface area contributed by atoms with Crippen molar-refractivity contribution in [3.8, 4) is 0 Å². The van der Waals surface area contributed by atoms with Gasteiger partial charge in [-0.1, -0.05) is 6.07 Å². The predicted octanol–water partition coefficient (Wildman–Crippen LogP) is 1.41. The highest BCUT2D eigenvalue weighted by molar-refractivity contribution is 5.95. The summed E-state index contributed by atoms with van der Waals surface area (Å²) in [6.07, 6.45) is 2.78. The molecule has 15 heavy (non-hydrogen) atoms. The van der Waals surface area contributed by atoms with Crippen LogP contribution in [0.15, 0.2) is 29.6 Å². The number of hydrogen-bond donors (Lipinski definition) is 1. The van der Waals surface area contributed by atoms with Crippen LogP contribution in [0.1, 0.15) is 19.4 Å². The zero-order valence-corrected chi connectivity index (χ0v) is 8.52. The molecule has 0 fully saturated rings. The van der Waals surface area contributed by atoms with Gasteiger partial charge in [-0.2, -0.15) is 5.10 Å². The van der Waals surface area contributed by atoms with E-state index in [0.717, 1.165) is 5.56 Å². The van der Waals surface area contributed by atoms with E-state index < -0.39 is 11.7 Å². The summed E-state index contributed by atoms with van der Waals surface area (Å²) in [5, 5.41) is 3.90. The summed E-state index contributed by atoms with van der Waals surface area (Å²) in [5.74, 6) is 0. The first-order chi connectivity index (χ1) is 7.13. The highest BCUT2D eigenvalue weighted by atomic mass is 16.6. The Hall–Kier alpha value is -1.91. The van der Waals surface area contributed by atoms with Crippen molar-refractivity contribution in [1.29, 1.82) is 0 Å². The van der Waals surface area contributed by atoms with Gasteiger partial charge in [0.1, 0.15) is 0 Å². The molecule has 0 saturated carbocycles. The standard InChI is InChI=1S/C10H11N3O2/c1-7-10(2,15-9(14)13-12-7)8-4-3-5-11-6-8/h3-6H,1-2H3,(H,13,14). The summed E-state index contributed by atoms with van der Waals surface area (Å²) in [6.45, 7) is 3.59.